The van der Waals surface area contributed by atoms with Crippen molar-refractivity contribution in [3.05, 3.63) is 0 Å². The van der Waals surface area contributed by atoms with Crippen LogP contribution in [-0.4, -0.2) is 53.3 Å². The van der Waals surface area contributed by atoms with Gasteiger partial charge in [0.1, 0.15) is 5.54 Å². The molecule has 0 aromatic carbocycles. The summed E-state index contributed by atoms with van der Waals surface area (Å²) in [5, 5.41) is 0. The third kappa shape index (κ3) is 2.11. The Hall–Kier alpha value is -1.10. The molecule has 1 saturated carbocycles. The van der Waals surface area contributed by atoms with Gasteiger partial charge in [-0.25, -0.2) is 0 Å². The average Bonchev–Trinajstić information content (AvgIpc) is 2.72. The van der Waals surface area contributed by atoms with Crippen molar-refractivity contribution >= 4 is 11.8 Å². The molecule has 1 aliphatic carbocycles. The van der Waals surface area contributed by atoms with Gasteiger partial charge in [-0.2, -0.15) is 0 Å². The van der Waals surface area contributed by atoms with Gasteiger partial charge in [0.15, 0.2) is 0 Å². The molecule has 2 fully saturated rings. The zero-order chi connectivity index (χ0) is 13.5. The van der Waals surface area contributed by atoms with Crippen molar-refractivity contribution < 1.29 is 9.59 Å². The Bertz CT molecular complexity index is 367. The third-order valence-corrected chi connectivity index (χ3v) is 4.29. The number of rotatable bonds is 1. The second-order valence-corrected chi connectivity index (χ2v) is 6.05. The Morgan fingerprint density at radius 1 is 1.33 bits per heavy atom. The van der Waals surface area contributed by atoms with Crippen molar-refractivity contribution in [3.63, 3.8) is 0 Å². The maximum absolute atomic E-state index is 12.5. The summed E-state index contributed by atoms with van der Waals surface area (Å²) in [5.74, 6) is 0.134. The van der Waals surface area contributed by atoms with E-state index in [4.69, 9.17) is 5.73 Å². The molecule has 5 nitrogen and oxygen atoms in total. The molecule has 2 unspecified atom stereocenters. The second kappa shape index (κ2) is 4.53. The van der Waals surface area contributed by atoms with E-state index in [2.05, 4.69) is 0 Å². The molecule has 0 spiro atoms. The molecule has 102 valence electrons. The standard InChI is InChI=1S/C13H23N3O2/c1-13(2)12(18)15(3)6-7-16(13)11(17)9-4-5-10(14)8-9/h9-10H,4-8,14H2,1-3H3. The zero-order valence-corrected chi connectivity index (χ0v) is 11.5. The maximum Gasteiger partial charge on any atom is 0.247 e. The summed E-state index contributed by atoms with van der Waals surface area (Å²) in [5.41, 5.74) is 5.14. The predicted molar refractivity (Wildman–Crippen MR) is 68.7 cm³/mol. The highest BCUT2D eigenvalue weighted by atomic mass is 16.2. The van der Waals surface area contributed by atoms with E-state index in [0.29, 0.717) is 13.1 Å². The van der Waals surface area contributed by atoms with Crippen molar-refractivity contribution in [1.82, 2.24) is 9.80 Å². The molecule has 0 aromatic heterocycles. The van der Waals surface area contributed by atoms with Gasteiger partial charge in [0.05, 0.1) is 0 Å². The minimum Gasteiger partial charge on any atom is -0.342 e. The molecular weight excluding hydrogens is 230 g/mol. The lowest BCUT2D eigenvalue weighted by molar-refractivity contribution is -0.159. The number of hydrogen-bond acceptors (Lipinski definition) is 3. The summed E-state index contributed by atoms with van der Waals surface area (Å²) in [6.07, 6.45) is 2.53. The Morgan fingerprint density at radius 2 is 2.00 bits per heavy atom. The lowest BCUT2D eigenvalue weighted by atomic mass is 9.94. The third-order valence-electron chi connectivity index (χ3n) is 4.29. The number of carbonyl (C=O) groups excluding carboxylic acids is 2. The first-order chi connectivity index (χ1) is 8.34. The SMILES string of the molecule is CN1CCN(C(=O)C2CCC(N)C2)C(C)(C)C1=O. The molecule has 0 aromatic rings. The van der Waals surface area contributed by atoms with Crippen LogP contribution in [0.4, 0.5) is 0 Å². The summed E-state index contributed by atoms with van der Waals surface area (Å²) in [6, 6.07) is 0.144. The van der Waals surface area contributed by atoms with E-state index in [1.165, 1.54) is 0 Å². The smallest absolute Gasteiger partial charge is 0.247 e. The fourth-order valence-electron chi connectivity index (χ4n) is 3.06. The number of nitrogens with zero attached hydrogens (tertiary/aromatic N) is 2. The van der Waals surface area contributed by atoms with Crippen LogP contribution >= 0.6 is 0 Å². The zero-order valence-electron chi connectivity index (χ0n) is 11.5. The van der Waals surface area contributed by atoms with Gasteiger partial charge in [-0.3, -0.25) is 9.59 Å². The van der Waals surface area contributed by atoms with Crippen LogP contribution in [0.15, 0.2) is 0 Å². The molecule has 2 rings (SSSR count). The molecule has 2 atom stereocenters. The fraction of sp³-hybridized carbons (Fsp3) is 0.846. The summed E-state index contributed by atoms with van der Waals surface area (Å²) < 4.78 is 0. The molecule has 0 radical (unpaired) electrons. The predicted octanol–water partition coefficient (Wildman–Crippen LogP) is 0.193. The number of carbonyl (C=O) groups is 2. The van der Waals surface area contributed by atoms with Crippen LogP contribution in [0.3, 0.4) is 0 Å². The Labute approximate surface area is 108 Å². The highest BCUT2D eigenvalue weighted by molar-refractivity contribution is 5.92. The van der Waals surface area contributed by atoms with Gasteiger partial charge in [-0.1, -0.05) is 0 Å². The van der Waals surface area contributed by atoms with Gasteiger partial charge in [0.2, 0.25) is 11.8 Å². The van der Waals surface area contributed by atoms with Crippen LogP contribution < -0.4 is 5.73 Å². The van der Waals surface area contributed by atoms with E-state index < -0.39 is 5.54 Å². The first-order valence-electron chi connectivity index (χ1n) is 6.66. The van der Waals surface area contributed by atoms with Crippen molar-refractivity contribution in [1.29, 1.82) is 0 Å². The summed E-state index contributed by atoms with van der Waals surface area (Å²) in [7, 11) is 1.79. The number of piperazine rings is 1. The van der Waals surface area contributed by atoms with Gasteiger partial charge >= 0.3 is 0 Å². The van der Waals surface area contributed by atoms with Crippen molar-refractivity contribution in [3.8, 4) is 0 Å². The fourth-order valence-corrected chi connectivity index (χ4v) is 3.06. The summed E-state index contributed by atoms with van der Waals surface area (Å²) >= 11 is 0. The number of nitrogens with two attached hydrogens (primary N) is 1. The van der Waals surface area contributed by atoms with Gasteiger partial charge < -0.3 is 15.5 Å². The molecular formula is C13H23N3O2. The second-order valence-electron chi connectivity index (χ2n) is 6.05. The topological polar surface area (TPSA) is 66.6 Å². The molecule has 2 aliphatic rings. The normalized spacial score (nSPS) is 31.9. The summed E-state index contributed by atoms with van der Waals surface area (Å²) in [4.78, 5) is 28.1. The Morgan fingerprint density at radius 3 is 2.56 bits per heavy atom. The minimum atomic E-state index is -0.725. The Kier molecular flexibility index (Phi) is 3.36. The first-order valence-corrected chi connectivity index (χ1v) is 6.66. The van der Waals surface area contributed by atoms with Crippen LogP contribution in [0.1, 0.15) is 33.1 Å². The van der Waals surface area contributed by atoms with Crippen LogP contribution in [0.25, 0.3) is 0 Å². The van der Waals surface area contributed by atoms with E-state index in [-0.39, 0.29) is 23.8 Å². The van der Waals surface area contributed by atoms with Gasteiger partial charge in [-0.05, 0) is 33.1 Å². The Balaban J connectivity index is 2.13. The lowest BCUT2D eigenvalue weighted by Gasteiger charge is -2.45. The maximum atomic E-state index is 12.5. The van der Waals surface area contributed by atoms with Gasteiger partial charge in [-0.15, -0.1) is 0 Å². The highest BCUT2D eigenvalue weighted by Gasteiger charge is 2.45. The minimum absolute atomic E-state index is 0.00970. The largest absolute Gasteiger partial charge is 0.342 e. The number of hydrogen-bond donors (Lipinski definition) is 1. The van der Waals surface area contributed by atoms with Crippen LogP contribution in [0.2, 0.25) is 0 Å². The average molecular weight is 253 g/mol. The first kappa shape index (κ1) is 13.3. The van der Waals surface area contributed by atoms with E-state index in [1.807, 2.05) is 13.8 Å². The van der Waals surface area contributed by atoms with E-state index in [0.717, 1.165) is 19.3 Å². The summed E-state index contributed by atoms with van der Waals surface area (Å²) in [6.45, 7) is 4.90. The van der Waals surface area contributed by atoms with Crippen LogP contribution in [-0.2, 0) is 9.59 Å². The molecule has 0 bridgehead atoms. The van der Waals surface area contributed by atoms with E-state index in [9.17, 15) is 9.59 Å². The molecule has 2 amide bonds. The van der Waals surface area contributed by atoms with Gasteiger partial charge in [0, 0.05) is 32.1 Å². The molecule has 2 N–H and O–H groups in total. The molecule has 1 heterocycles. The number of likely N-dealkylation sites (N-methyl/N-ethyl adjacent to an activating group) is 1. The van der Waals surface area contributed by atoms with Crippen LogP contribution in [0, 0.1) is 5.92 Å². The van der Waals surface area contributed by atoms with Gasteiger partial charge in [0.25, 0.3) is 0 Å². The van der Waals surface area contributed by atoms with E-state index >= 15 is 0 Å². The van der Waals surface area contributed by atoms with E-state index in [1.54, 1.807) is 16.8 Å². The molecule has 5 heteroatoms. The molecule has 1 saturated heterocycles. The quantitative estimate of drug-likeness (QED) is 0.725. The van der Waals surface area contributed by atoms with Crippen molar-refractivity contribution in [2.45, 2.75) is 44.7 Å². The highest BCUT2D eigenvalue weighted by Crippen LogP contribution is 2.30. The lowest BCUT2D eigenvalue weighted by Crippen LogP contribution is -2.64. The van der Waals surface area contributed by atoms with Crippen LogP contribution in [0.5, 0.6) is 0 Å². The van der Waals surface area contributed by atoms with Crippen molar-refractivity contribution in [2.24, 2.45) is 11.7 Å². The van der Waals surface area contributed by atoms with Crippen molar-refractivity contribution in [2.75, 3.05) is 20.1 Å². The monoisotopic (exact) mass is 253 g/mol. The molecule has 1 aliphatic heterocycles. The molecule has 18 heavy (non-hydrogen) atoms. The number of amides is 2.